The van der Waals surface area contributed by atoms with Crippen molar-refractivity contribution in [2.75, 3.05) is 0 Å². The zero-order chi connectivity index (χ0) is 12.9. The highest BCUT2D eigenvalue weighted by molar-refractivity contribution is 14.1. The standard InChI is InChI=1S/C12H19IO3/c1-8(13)6-7-10(9(2)14)11(15)16-12(3,4)5/h6,10H,7H2,1-5H3. The number of ether oxygens (including phenoxy) is 1. The molecule has 0 aromatic heterocycles. The number of hydrogen-bond donors (Lipinski definition) is 0. The first-order chi connectivity index (χ1) is 7.13. The molecular weight excluding hydrogens is 319 g/mol. The van der Waals surface area contributed by atoms with Crippen LogP contribution in [0.5, 0.6) is 0 Å². The van der Waals surface area contributed by atoms with Crippen molar-refractivity contribution in [2.45, 2.75) is 46.6 Å². The molecule has 0 aromatic carbocycles. The van der Waals surface area contributed by atoms with Crippen LogP contribution >= 0.6 is 22.6 Å². The third-order valence-electron chi connectivity index (χ3n) is 1.82. The van der Waals surface area contributed by atoms with Crippen LogP contribution in [0.4, 0.5) is 0 Å². The number of carbonyl (C=O) groups excluding carboxylic acids is 2. The van der Waals surface area contributed by atoms with E-state index < -0.39 is 17.5 Å². The molecule has 0 radical (unpaired) electrons. The zero-order valence-electron chi connectivity index (χ0n) is 10.5. The number of halogens is 1. The van der Waals surface area contributed by atoms with E-state index >= 15 is 0 Å². The van der Waals surface area contributed by atoms with Crippen LogP contribution in [0.1, 0.15) is 41.0 Å². The van der Waals surface area contributed by atoms with E-state index in [4.69, 9.17) is 4.74 Å². The van der Waals surface area contributed by atoms with Crippen molar-refractivity contribution in [1.82, 2.24) is 0 Å². The van der Waals surface area contributed by atoms with E-state index in [-0.39, 0.29) is 5.78 Å². The third kappa shape index (κ3) is 6.98. The minimum Gasteiger partial charge on any atom is -0.459 e. The first-order valence-electron chi connectivity index (χ1n) is 5.19. The molecular formula is C12H19IO3. The normalized spacial score (nSPS) is 14.5. The van der Waals surface area contributed by atoms with Crippen LogP contribution in [-0.4, -0.2) is 17.4 Å². The largest absolute Gasteiger partial charge is 0.459 e. The van der Waals surface area contributed by atoms with Gasteiger partial charge in [0.1, 0.15) is 17.3 Å². The van der Waals surface area contributed by atoms with Crippen LogP contribution < -0.4 is 0 Å². The molecule has 0 rings (SSSR count). The van der Waals surface area contributed by atoms with Gasteiger partial charge in [-0.05, 0) is 67.2 Å². The molecule has 0 heterocycles. The first kappa shape index (κ1) is 15.6. The van der Waals surface area contributed by atoms with Gasteiger partial charge in [0.05, 0.1) is 0 Å². The number of ketones is 1. The fraction of sp³-hybridized carbons (Fsp3) is 0.667. The highest BCUT2D eigenvalue weighted by Crippen LogP contribution is 2.17. The summed E-state index contributed by atoms with van der Waals surface area (Å²) >= 11 is 2.15. The first-order valence-corrected chi connectivity index (χ1v) is 6.27. The number of Topliss-reactive ketones (excluding diaryl/α,β-unsaturated/α-hetero) is 1. The van der Waals surface area contributed by atoms with Gasteiger partial charge in [-0.1, -0.05) is 6.08 Å². The third-order valence-corrected chi connectivity index (χ3v) is 2.26. The van der Waals surface area contributed by atoms with Gasteiger partial charge >= 0.3 is 5.97 Å². The topological polar surface area (TPSA) is 43.4 Å². The summed E-state index contributed by atoms with van der Waals surface area (Å²) in [5.41, 5.74) is -0.548. The minimum atomic E-state index is -0.677. The molecule has 3 nitrogen and oxygen atoms in total. The Morgan fingerprint density at radius 1 is 1.31 bits per heavy atom. The van der Waals surface area contributed by atoms with Gasteiger partial charge in [0, 0.05) is 0 Å². The highest BCUT2D eigenvalue weighted by atomic mass is 127. The maximum atomic E-state index is 11.7. The Bertz CT molecular complexity index is 296. The maximum Gasteiger partial charge on any atom is 0.317 e. The molecule has 0 aliphatic carbocycles. The molecule has 0 aromatic rings. The van der Waals surface area contributed by atoms with Crippen molar-refractivity contribution in [2.24, 2.45) is 5.92 Å². The monoisotopic (exact) mass is 338 g/mol. The van der Waals surface area contributed by atoms with Gasteiger partial charge in [0.25, 0.3) is 0 Å². The number of hydrogen-bond acceptors (Lipinski definition) is 3. The molecule has 1 atom stereocenters. The van der Waals surface area contributed by atoms with Crippen LogP contribution in [0.3, 0.4) is 0 Å². The second kappa shape index (κ2) is 6.37. The minimum absolute atomic E-state index is 0.150. The summed E-state index contributed by atoms with van der Waals surface area (Å²) in [6.07, 6.45) is 2.29. The lowest BCUT2D eigenvalue weighted by Crippen LogP contribution is -2.31. The van der Waals surface area contributed by atoms with Crippen molar-refractivity contribution in [1.29, 1.82) is 0 Å². The van der Waals surface area contributed by atoms with E-state index in [0.29, 0.717) is 6.42 Å². The Hall–Kier alpha value is -0.390. The predicted molar refractivity (Wildman–Crippen MR) is 72.4 cm³/mol. The van der Waals surface area contributed by atoms with Crippen molar-refractivity contribution < 1.29 is 14.3 Å². The Morgan fingerprint density at radius 2 is 1.81 bits per heavy atom. The molecule has 4 heteroatoms. The summed E-state index contributed by atoms with van der Waals surface area (Å²) in [5.74, 6) is -1.26. The molecule has 0 amide bonds. The summed E-state index contributed by atoms with van der Waals surface area (Å²) in [6.45, 7) is 8.72. The molecule has 0 aliphatic rings. The van der Waals surface area contributed by atoms with Gasteiger partial charge in [0.15, 0.2) is 0 Å². The number of esters is 1. The molecule has 92 valence electrons. The summed E-state index contributed by atoms with van der Waals surface area (Å²) < 4.78 is 6.26. The van der Waals surface area contributed by atoms with E-state index in [1.54, 1.807) is 20.8 Å². The lowest BCUT2D eigenvalue weighted by Gasteiger charge is -2.22. The molecule has 16 heavy (non-hydrogen) atoms. The number of rotatable bonds is 4. The predicted octanol–water partition coefficient (Wildman–Crippen LogP) is 3.26. The molecule has 0 N–H and O–H groups in total. The fourth-order valence-corrected chi connectivity index (χ4v) is 1.34. The van der Waals surface area contributed by atoms with Gasteiger partial charge in [-0.2, -0.15) is 0 Å². The Kier molecular flexibility index (Phi) is 6.22. The average Bonchev–Trinajstić information content (AvgIpc) is 1.98. The smallest absolute Gasteiger partial charge is 0.317 e. The molecule has 0 aliphatic heterocycles. The van der Waals surface area contributed by atoms with Gasteiger partial charge in [-0.25, -0.2) is 0 Å². The molecule has 0 saturated carbocycles. The lowest BCUT2D eigenvalue weighted by molar-refractivity contribution is -0.161. The fourth-order valence-electron chi connectivity index (χ4n) is 1.08. The Labute approximate surface area is 111 Å². The summed E-state index contributed by atoms with van der Waals surface area (Å²) in [6, 6.07) is 0. The molecule has 0 fully saturated rings. The summed E-state index contributed by atoms with van der Waals surface area (Å²) in [5, 5.41) is 0. The highest BCUT2D eigenvalue weighted by Gasteiger charge is 2.27. The Morgan fingerprint density at radius 3 is 2.12 bits per heavy atom. The van der Waals surface area contributed by atoms with E-state index in [2.05, 4.69) is 22.6 Å². The zero-order valence-corrected chi connectivity index (χ0v) is 12.6. The lowest BCUT2D eigenvalue weighted by atomic mass is 10.0. The average molecular weight is 338 g/mol. The van der Waals surface area contributed by atoms with Gasteiger partial charge in [-0.3, -0.25) is 9.59 Å². The van der Waals surface area contributed by atoms with E-state index in [9.17, 15) is 9.59 Å². The van der Waals surface area contributed by atoms with E-state index in [1.165, 1.54) is 6.92 Å². The van der Waals surface area contributed by atoms with Crippen molar-refractivity contribution in [3.8, 4) is 0 Å². The van der Waals surface area contributed by atoms with Crippen LogP contribution in [-0.2, 0) is 14.3 Å². The summed E-state index contributed by atoms with van der Waals surface area (Å²) in [4.78, 5) is 23.1. The van der Waals surface area contributed by atoms with Gasteiger partial charge < -0.3 is 4.74 Å². The van der Waals surface area contributed by atoms with Crippen molar-refractivity contribution in [3.63, 3.8) is 0 Å². The van der Waals surface area contributed by atoms with Gasteiger partial charge in [-0.15, -0.1) is 0 Å². The number of carbonyl (C=O) groups is 2. The molecule has 0 bridgehead atoms. The molecule has 0 saturated heterocycles. The quantitative estimate of drug-likeness (QED) is 0.449. The number of allylic oxidation sites excluding steroid dienone is 2. The van der Waals surface area contributed by atoms with Crippen LogP contribution in [0, 0.1) is 5.92 Å². The molecule has 1 unspecified atom stereocenters. The van der Waals surface area contributed by atoms with Crippen LogP contribution in [0.15, 0.2) is 9.66 Å². The van der Waals surface area contributed by atoms with Crippen LogP contribution in [0.2, 0.25) is 0 Å². The molecule has 0 spiro atoms. The SMILES string of the molecule is CC(=O)C(CC=C(C)I)C(=O)OC(C)(C)C. The Balaban J connectivity index is 4.61. The van der Waals surface area contributed by atoms with Gasteiger partial charge in [0.2, 0.25) is 0 Å². The van der Waals surface area contributed by atoms with Crippen molar-refractivity contribution >= 4 is 34.3 Å². The maximum absolute atomic E-state index is 11.7. The second-order valence-electron chi connectivity index (χ2n) is 4.72. The van der Waals surface area contributed by atoms with E-state index in [0.717, 1.165) is 3.58 Å². The van der Waals surface area contributed by atoms with Crippen LogP contribution in [0.25, 0.3) is 0 Å². The van der Waals surface area contributed by atoms with Crippen molar-refractivity contribution in [3.05, 3.63) is 9.66 Å². The van der Waals surface area contributed by atoms with E-state index in [1.807, 2.05) is 13.0 Å². The second-order valence-corrected chi connectivity index (χ2v) is 6.42. The summed E-state index contributed by atoms with van der Waals surface area (Å²) in [7, 11) is 0.